The smallest absolute Gasteiger partial charge is 0.227 e. The zero-order valence-corrected chi connectivity index (χ0v) is 19.6. The van der Waals surface area contributed by atoms with E-state index in [1.165, 1.54) is 24.3 Å². The largest absolute Gasteiger partial charge is 0.340 e. The van der Waals surface area contributed by atoms with Crippen molar-refractivity contribution < 1.29 is 18.1 Å². The Morgan fingerprint density at radius 1 is 0.861 bits per heavy atom. The van der Waals surface area contributed by atoms with E-state index < -0.39 is 0 Å². The summed E-state index contributed by atoms with van der Waals surface area (Å²) in [7, 11) is 0. The number of pyridine rings is 1. The fraction of sp³-hybridized carbons (Fsp3) is 0.259. The Morgan fingerprint density at radius 2 is 1.44 bits per heavy atom. The lowest BCUT2D eigenvalue weighted by Gasteiger charge is -2.39. The van der Waals surface area contributed by atoms with Gasteiger partial charge in [0.25, 0.3) is 0 Å². The highest BCUT2D eigenvalue weighted by molar-refractivity contribution is 5.76. The van der Waals surface area contributed by atoms with Crippen molar-refractivity contribution >= 4 is 5.91 Å². The molecular formula is C27H25F2N5O2. The molecule has 7 nitrogen and oxygen atoms in total. The monoisotopic (exact) mass is 489 g/mol. The van der Waals surface area contributed by atoms with Gasteiger partial charge in [0.15, 0.2) is 0 Å². The van der Waals surface area contributed by atoms with Gasteiger partial charge in [-0.15, -0.1) is 0 Å². The number of aryl methyl sites for hydroxylation is 1. The molecule has 9 heteroatoms. The average Bonchev–Trinajstić information content (AvgIpc) is 3.40. The number of aromatic nitrogens is 3. The summed E-state index contributed by atoms with van der Waals surface area (Å²) in [4.78, 5) is 25.3. The number of piperazine rings is 1. The van der Waals surface area contributed by atoms with Crippen LogP contribution in [0.2, 0.25) is 0 Å². The zero-order chi connectivity index (χ0) is 24.9. The number of halogens is 2. The van der Waals surface area contributed by atoms with E-state index in [1.54, 1.807) is 48.8 Å². The van der Waals surface area contributed by atoms with Gasteiger partial charge >= 0.3 is 0 Å². The van der Waals surface area contributed by atoms with E-state index in [2.05, 4.69) is 20.0 Å². The topological polar surface area (TPSA) is 75.4 Å². The molecule has 4 aromatic rings. The van der Waals surface area contributed by atoms with Crippen LogP contribution >= 0.6 is 0 Å². The molecule has 1 amide bonds. The second-order valence-electron chi connectivity index (χ2n) is 8.67. The highest BCUT2D eigenvalue weighted by atomic mass is 19.1. The molecule has 2 aromatic heterocycles. The Labute approximate surface area is 207 Å². The molecule has 36 heavy (non-hydrogen) atoms. The van der Waals surface area contributed by atoms with Crippen LogP contribution < -0.4 is 0 Å². The van der Waals surface area contributed by atoms with Gasteiger partial charge in [-0.25, -0.2) is 8.78 Å². The normalized spacial score (nSPS) is 14.4. The lowest BCUT2D eigenvalue weighted by molar-refractivity contribution is -0.133. The fourth-order valence-corrected chi connectivity index (χ4v) is 4.48. The minimum absolute atomic E-state index is 0.0263. The zero-order valence-electron chi connectivity index (χ0n) is 19.6. The van der Waals surface area contributed by atoms with E-state index in [4.69, 9.17) is 4.52 Å². The first-order valence-electron chi connectivity index (χ1n) is 11.8. The van der Waals surface area contributed by atoms with E-state index in [-0.39, 0.29) is 30.0 Å². The molecule has 184 valence electrons. The molecule has 1 aliphatic rings. The number of hydrogen-bond acceptors (Lipinski definition) is 6. The molecule has 1 aliphatic heterocycles. The summed E-state index contributed by atoms with van der Waals surface area (Å²) in [5.41, 5.74) is 2.65. The Kier molecular flexibility index (Phi) is 7.08. The average molecular weight is 490 g/mol. The standard InChI is InChI=1S/C27H25F2N5O2/c28-22-5-1-19(2-6-22)26(20-3-7-23(29)8-4-20)34-17-15-33(16-18-34)25(35)10-9-24-31-27(32-36-24)21-11-13-30-14-12-21/h1-8,11-14,26H,9-10,15-18H2. The second-order valence-corrected chi connectivity index (χ2v) is 8.67. The maximum Gasteiger partial charge on any atom is 0.227 e. The van der Waals surface area contributed by atoms with Crippen LogP contribution in [0, 0.1) is 11.6 Å². The summed E-state index contributed by atoms with van der Waals surface area (Å²) < 4.78 is 32.4. The molecule has 0 saturated carbocycles. The quantitative estimate of drug-likeness (QED) is 0.386. The van der Waals surface area contributed by atoms with Crippen LogP contribution in [0.3, 0.4) is 0 Å². The highest BCUT2D eigenvalue weighted by Gasteiger charge is 2.28. The number of rotatable bonds is 7. The summed E-state index contributed by atoms with van der Waals surface area (Å²) in [6.45, 7) is 2.39. The summed E-state index contributed by atoms with van der Waals surface area (Å²) in [6, 6.07) is 16.2. The van der Waals surface area contributed by atoms with E-state index in [1.807, 2.05) is 4.90 Å². The molecule has 5 rings (SSSR count). The predicted octanol–water partition coefficient (Wildman–Crippen LogP) is 4.28. The molecule has 1 saturated heterocycles. The third-order valence-electron chi connectivity index (χ3n) is 6.36. The maximum absolute atomic E-state index is 13.5. The number of carbonyl (C=O) groups excluding carboxylic acids is 1. The van der Waals surface area contributed by atoms with Gasteiger partial charge < -0.3 is 9.42 Å². The van der Waals surface area contributed by atoms with Crippen LogP contribution in [0.4, 0.5) is 8.78 Å². The summed E-state index contributed by atoms with van der Waals surface area (Å²) in [5.74, 6) is 0.309. The summed E-state index contributed by atoms with van der Waals surface area (Å²) >= 11 is 0. The van der Waals surface area contributed by atoms with E-state index in [0.29, 0.717) is 44.3 Å². The van der Waals surface area contributed by atoms with Crippen LogP contribution in [0.15, 0.2) is 77.6 Å². The number of amides is 1. The first-order valence-corrected chi connectivity index (χ1v) is 11.8. The van der Waals surface area contributed by atoms with Crippen LogP contribution in [0.25, 0.3) is 11.4 Å². The van der Waals surface area contributed by atoms with E-state index in [0.717, 1.165) is 16.7 Å². The number of hydrogen-bond donors (Lipinski definition) is 0. The van der Waals surface area contributed by atoms with Crippen molar-refractivity contribution in [3.05, 3.63) is 102 Å². The second kappa shape index (κ2) is 10.7. The minimum Gasteiger partial charge on any atom is -0.340 e. The van der Waals surface area contributed by atoms with E-state index >= 15 is 0 Å². The third-order valence-corrected chi connectivity index (χ3v) is 6.36. The van der Waals surface area contributed by atoms with Crippen molar-refractivity contribution in [3.63, 3.8) is 0 Å². The SMILES string of the molecule is O=C(CCc1nc(-c2ccncc2)no1)N1CCN(C(c2ccc(F)cc2)c2ccc(F)cc2)CC1. The van der Waals surface area contributed by atoms with Gasteiger partial charge in [0, 0.05) is 57.0 Å². The lowest BCUT2D eigenvalue weighted by Crippen LogP contribution is -2.49. The molecule has 0 aliphatic carbocycles. The van der Waals surface area contributed by atoms with Gasteiger partial charge in [0.1, 0.15) is 11.6 Å². The summed E-state index contributed by atoms with van der Waals surface area (Å²) in [5, 5.41) is 3.98. The van der Waals surface area contributed by atoms with E-state index in [9.17, 15) is 13.6 Å². The predicted molar refractivity (Wildman–Crippen MR) is 129 cm³/mol. The fourth-order valence-electron chi connectivity index (χ4n) is 4.48. The molecule has 0 bridgehead atoms. The highest BCUT2D eigenvalue weighted by Crippen LogP contribution is 2.30. The lowest BCUT2D eigenvalue weighted by atomic mass is 9.96. The van der Waals surface area contributed by atoms with Crippen molar-refractivity contribution in [3.8, 4) is 11.4 Å². The molecule has 2 aromatic carbocycles. The molecule has 0 unspecified atom stereocenters. The molecule has 0 atom stereocenters. The summed E-state index contributed by atoms with van der Waals surface area (Å²) in [6.07, 6.45) is 3.96. The Balaban J connectivity index is 1.20. The third kappa shape index (κ3) is 5.46. The van der Waals surface area contributed by atoms with Crippen molar-refractivity contribution in [2.75, 3.05) is 26.2 Å². The Hall–Kier alpha value is -3.98. The Morgan fingerprint density at radius 3 is 2.03 bits per heavy atom. The van der Waals surface area contributed by atoms with Crippen molar-refractivity contribution in [2.24, 2.45) is 0 Å². The van der Waals surface area contributed by atoms with Crippen LogP contribution in [-0.2, 0) is 11.2 Å². The van der Waals surface area contributed by atoms with Gasteiger partial charge in [-0.2, -0.15) is 4.98 Å². The van der Waals surface area contributed by atoms with Crippen LogP contribution in [-0.4, -0.2) is 57.0 Å². The Bertz CT molecular complexity index is 1240. The molecule has 1 fully saturated rings. The molecule has 0 N–H and O–H groups in total. The molecule has 0 spiro atoms. The number of benzene rings is 2. The van der Waals surface area contributed by atoms with Gasteiger partial charge in [-0.3, -0.25) is 14.7 Å². The minimum atomic E-state index is -0.304. The molecular weight excluding hydrogens is 464 g/mol. The number of carbonyl (C=O) groups is 1. The number of nitrogens with zero attached hydrogens (tertiary/aromatic N) is 5. The van der Waals surface area contributed by atoms with Crippen LogP contribution in [0.1, 0.15) is 29.5 Å². The molecule has 3 heterocycles. The van der Waals surface area contributed by atoms with Gasteiger partial charge in [-0.05, 0) is 47.5 Å². The maximum atomic E-state index is 13.5. The van der Waals surface area contributed by atoms with Crippen molar-refractivity contribution in [1.29, 1.82) is 0 Å². The van der Waals surface area contributed by atoms with Crippen molar-refractivity contribution in [1.82, 2.24) is 24.9 Å². The van der Waals surface area contributed by atoms with Crippen molar-refractivity contribution in [2.45, 2.75) is 18.9 Å². The van der Waals surface area contributed by atoms with Gasteiger partial charge in [0.2, 0.25) is 17.6 Å². The van der Waals surface area contributed by atoms with Crippen LogP contribution in [0.5, 0.6) is 0 Å². The first kappa shape index (κ1) is 23.7. The van der Waals surface area contributed by atoms with Gasteiger partial charge in [0.05, 0.1) is 6.04 Å². The molecule has 0 radical (unpaired) electrons. The first-order chi connectivity index (χ1) is 17.6. The van der Waals surface area contributed by atoms with Gasteiger partial charge in [-0.1, -0.05) is 29.4 Å².